The molecule has 0 saturated heterocycles. The molecule has 0 fully saturated rings. The maximum atomic E-state index is 4.34. The predicted molar refractivity (Wildman–Crippen MR) is 111 cm³/mol. The second-order valence-electron chi connectivity index (χ2n) is 6.86. The van der Waals surface area contributed by atoms with Crippen LogP contribution in [-0.2, 0) is 0 Å². The van der Waals surface area contributed by atoms with Gasteiger partial charge in [0.25, 0.3) is 0 Å². The van der Waals surface area contributed by atoms with Gasteiger partial charge < -0.3 is 0 Å². The summed E-state index contributed by atoms with van der Waals surface area (Å²) in [5.41, 5.74) is 5.76. The van der Waals surface area contributed by atoms with E-state index in [9.17, 15) is 0 Å². The fourth-order valence-corrected chi connectivity index (χ4v) is 3.43. The molecule has 1 atom stereocenters. The predicted octanol–water partition coefficient (Wildman–Crippen LogP) is 6.56. The zero-order valence-electron chi connectivity index (χ0n) is 15.5. The first-order chi connectivity index (χ1) is 13.3. The van der Waals surface area contributed by atoms with E-state index in [1.807, 2.05) is 42.5 Å². The summed E-state index contributed by atoms with van der Waals surface area (Å²) < 4.78 is 0. The lowest BCUT2D eigenvalue weighted by molar-refractivity contribution is 0.283. The van der Waals surface area contributed by atoms with Gasteiger partial charge in [-0.25, -0.2) is 0 Å². The Balaban J connectivity index is 1.54. The van der Waals surface area contributed by atoms with Gasteiger partial charge in [0.05, 0.1) is 17.4 Å². The van der Waals surface area contributed by atoms with Crippen LogP contribution in [0.4, 0.5) is 11.4 Å². The van der Waals surface area contributed by atoms with Gasteiger partial charge in [0, 0.05) is 6.54 Å². The fraction of sp³-hybridized carbons (Fsp3) is 0.167. The largest absolute Gasteiger partial charge is 0.296 e. The molecule has 1 aliphatic heterocycles. The second-order valence-corrected chi connectivity index (χ2v) is 6.86. The Bertz CT molecular complexity index is 928. The highest BCUT2D eigenvalue weighted by molar-refractivity contribution is 5.67. The first kappa shape index (κ1) is 17.4. The molecule has 0 saturated carbocycles. The minimum absolute atomic E-state index is 0.286. The van der Waals surface area contributed by atoms with Crippen molar-refractivity contribution < 1.29 is 0 Å². The molecule has 27 heavy (non-hydrogen) atoms. The maximum Gasteiger partial charge on any atom is 0.0857 e. The Morgan fingerprint density at radius 1 is 0.741 bits per heavy atom. The highest BCUT2D eigenvalue weighted by Crippen LogP contribution is 2.33. The zero-order valence-corrected chi connectivity index (χ0v) is 15.5. The number of likely N-dealkylation sites (N-methyl/N-ethyl adjacent to an activating group) is 1. The van der Waals surface area contributed by atoms with Crippen molar-refractivity contribution in [1.29, 1.82) is 0 Å². The highest BCUT2D eigenvalue weighted by Gasteiger charge is 2.21. The summed E-state index contributed by atoms with van der Waals surface area (Å²) in [5.74, 6) is 0. The molecule has 134 valence electrons. The van der Waals surface area contributed by atoms with Crippen molar-refractivity contribution >= 4 is 16.9 Å². The molecule has 0 radical (unpaired) electrons. The van der Waals surface area contributed by atoms with E-state index in [0.717, 1.165) is 24.3 Å². The molecule has 0 N–H and O–H groups in total. The minimum Gasteiger partial charge on any atom is -0.296 e. The van der Waals surface area contributed by atoms with Crippen LogP contribution >= 0.6 is 0 Å². The van der Waals surface area contributed by atoms with Crippen LogP contribution in [0.2, 0.25) is 0 Å². The topological polar surface area (TPSA) is 28.0 Å². The smallest absolute Gasteiger partial charge is 0.0857 e. The molecule has 3 aromatic rings. The van der Waals surface area contributed by atoms with Crippen LogP contribution in [-0.4, -0.2) is 18.5 Å². The summed E-state index contributed by atoms with van der Waals surface area (Å²) in [4.78, 5) is 2.40. The van der Waals surface area contributed by atoms with Crippen molar-refractivity contribution in [3.8, 4) is 0 Å². The summed E-state index contributed by atoms with van der Waals surface area (Å²) in [5, 5.41) is 8.63. The van der Waals surface area contributed by atoms with Crippen molar-refractivity contribution in [2.45, 2.75) is 12.5 Å². The van der Waals surface area contributed by atoms with Crippen LogP contribution in [0.5, 0.6) is 0 Å². The van der Waals surface area contributed by atoms with Gasteiger partial charge in [-0.05, 0) is 54.4 Å². The van der Waals surface area contributed by atoms with Gasteiger partial charge in [-0.2, -0.15) is 10.2 Å². The molecule has 3 heteroatoms. The van der Waals surface area contributed by atoms with E-state index in [2.05, 4.69) is 70.7 Å². The maximum absolute atomic E-state index is 4.34. The first-order valence-corrected chi connectivity index (χ1v) is 9.33. The Labute approximate surface area is 160 Å². The van der Waals surface area contributed by atoms with Crippen molar-refractivity contribution in [3.05, 3.63) is 102 Å². The molecule has 0 aromatic heterocycles. The lowest BCUT2D eigenvalue weighted by atomic mass is 9.93. The SMILES string of the molecule is CN1CCC(c2ccccc2)=CC1c1ccc(N=Nc2ccccc2)cc1. The number of benzene rings is 3. The normalized spacial score (nSPS) is 17.8. The van der Waals surface area contributed by atoms with Crippen LogP contribution in [0.1, 0.15) is 23.6 Å². The lowest BCUT2D eigenvalue weighted by Gasteiger charge is -2.31. The third-order valence-corrected chi connectivity index (χ3v) is 4.98. The zero-order chi connectivity index (χ0) is 18.5. The van der Waals surface area contributed by atoms with E-state index in [1.165, 1.54) is 16.7 Å². The van der Waals surface area contributed by atoms with E-state index in [-0.39, 0.29) is 6.04 Å². The number of hydrogen-bond acceptors (Lipinski definition) is 3. The third kappa shape index (κ3) is 4.21. The molecule has 1 unspecified atom stereocenters. The molecule has 0 amide bonds. The molecular formula is C24H23N3. The van der Waals surface area contributed by atoms with Gasteiger partial charge >= 0.3 is 0 Å². The van der Waals surface area contributed by atoms with Gasteiger partial charge in [0.1, 0.15) is 0 Å². The van der Waals surface area contributed by atoms with E-state index in [0.29, 0.717) is 0 Å². The summed E-state index contributed by atoms with van der Waals surface area (Å²) in [6.45, 7) is 1.06. The number of nitrogens with zero attached hydrogens (tertiary/aromatic N) is 3. The summed E-state index contributed by atoms with van der Waals surface area (Å²) in [7, 11) is 2.19. The van der Waals surface area contributed by atoms with Gasteiger partial charge in [-0.1, -0.05) is 66.7 Å². The Hall–Kier alpha value is -3.04. The lowest BCUT2D eigenvalue weighted by Crippen LogP contribution is -2.28. The summed E-state index contributed by atoms with van der Waals surface area (Å²) in [6.07, 6.45) is 3.47. The molecule has 3 nitrogen and oxygen atoms in total. The molecule has 0 spiro atoms. The van der Waals surface area contributed by atoms with Gasteiger partial charge in [-0.15, -0.1) is 0 Å². The van der Waals surface area contributed by atoms with Crippen molar-refractivity contribution in [1.82, 2.24) is 4.90 Å². The molecule has 0 aliphatic carbocycles. The van der Waals surface area contributed by atoms with Crippen LogP contribution < -0.4 is 0 Å². The van der Waals surface area contributed by atoms with Crippen LogP contribution in [0.3, 0.4) is 0 Å². The van der Waals surface area contributed by atoms with Crippen LogP contribution in [0.15, 0.2) is 101 Å². The summed E-state index contributed by atoms with van der Waals surface area (Å²) in [6, 6.07) is 29.2. The van der Waals surface area contributed by atoms with Crippen molar-refractivity contribution in [3.63, 3.8) is 0 Å². The van der Waals surface area contributed by atoms with E-state index in [4.69, 9.17) is 0 Å². The molecule has 0 bridgehead atoms. The van der Waals surface area contributed by atoms with Gasteiger partial charge in [0.2, 0.25) is 0 Å². The molecule has 4 rings (SSSR count). The van der Waals surface area contributed by atoms with Gasteiger partial charge in [-0.3, -0.25) is 4.90 Å². The standard InChI is InChI=1S/C24H23N3/c1-27-17-16-21(19-8-4-2-5-9-19)18-24(27)20-12-14-23(15-13-20)26-25-22-10-6-3-7-11-22/h2-15,18,24H,16-17H2,1H3. The second kappa shape index (κ2) is 8.11. The quantitative estimate of drug-likeness (QED) is 0.488. The third-order valence-electron chi connectivity index (χ3n) is 4.98. The molecule has 1 aliphatic rings. The summed E-state index contributed by atoms with van der Waals surface area (Å²) >= 11 is 0. The Morgan fingerprint density at radius 3 is 2.00 bits per heavy atom. The van der Waals surface area contributed by atoms with E-state index in [1.54, 1.807) is 0 Å². The molecule has 3 aromatic carbocycles. The first-order valence-electron chi connectivity index (χ1n) is 9.33. The molecular weight excluding hydrogens is 330 g/mol. The molecule has 1 heterocycles. The average Bonchev–Trinajstić information content (AvgIpc) is 2.74. The fourth-order valence-electron chi connectivity index (χ4n) is 3.43. The Kier molecular flexibility index (Phi) is 5.22. The van der Waals surface area contributed by atoms with Crippen LogP contribution in [0.25, 0.3) is 5.57 Å². The van der Waals surface area contributed by atoms with E-state index >= 15 is 0 Å². The van der Waals surface area contributed by atoms with Crippen LogP contribution in [0, 0.1) is 0 Å². The average molecular weight is 353 g/mol. The van der Waals surface area contributed by atoms with Crippen molar-refractivity contribution in [2.75, 3.05) is 13.6 Å². The number of rotatable bonds is 4. The van der Waals surface area contributed by atoms with Gasteiger partial charge in [0.15, 0.2) is 0 Å². The van der Waals surface area contributed by atoms with E-state index < -0.39 is 0 Å². The monoisotopic (exact) mass is 353 g/mol. The van der Waals surface area contributed by atoms with Crippen molar-refractivity contribution in [2.24, 2.45) is 10.2 Å². The Morgan fingerprint density at radius 2 is 1.33 bits per heavy atom. The number of hydrogen-bond donors (Lipinski definition) is 0. The number of azo groups is 1. The highest BCUT2D eigenvalue weighted by atomic mass is 15.1. The minimum atomic E-state index is 0.286.